The lowest BCUT2D eigenvalue weighted by atomic mass is 9.67. The van der Waals surface area contributed by atoms with Gasteiger partial charge in [0.2, 0.25) is 5.90 Å². The molecule has 1 aliphatic carbocycles. The molecule has 0 bridgehead atoms. The maximum atomic E-state index is 13.0. The third-order valence-corrected chi connectivity index (χ3v) is 6.15. The largest absolute Gasteiger partial charge is 0.478 e. The van der Waals surface area contributed by atoms with Gasteiger partial charge in [-0.05, 0) is 43.4 Å². The van der Waals surface area contributed by atoms with Crippen LogP contribution in [0.1, 0.15) is 66.6 Å². The highest BCUT2D eigenvalue weighted by molar-refractivity contribution is 5.98. The molecule has 158 valence electrons. The van der Waals surface area contributed by atoms with Crippen LogP contribution in [-0.4, -0.2) is 39.1 Å². The minimum atomic E-state index is -0.807. The Morgan fingerprint density at radius 1 is 1.27 bits per heavy atom. The zero-order chi connectivity index (χ0) is 21.1. The number of hydrogen-bond donors (Lipinski definition) is 2. The van der Waals surface area contributed by atoms with Crippen molar-refractivity contribution in [2.24, 2.45) is 4.99 Å². The van der Waals surface area contributed by atoms with Gasteiger partial charge in [-0.25, -0.2) is 4.99 Å². The van der Waals surface area contributed by atoms with Gasteiger partial charge in [-0.15, -0.1) is 0 Å². The van der Waals surface area contributed by atoms with E-state index in [1.165, 1.54) is 0 Å². The number of ether oxygens (including phenoxy) is 1. The Kier molecular flexibility index (Phi) is 5.97. The SMILES string of the molecule is CCOC1=NCc2cc(CC(=O)C[C@@H](c3ccccc3)C3(O)CCC3)nc(CO)c21. The second-order valence-corrected chi connectivity index (χ2v) is 8.15. The number of Topliss-reactive ketones (excluding diaryl/α,β-unsaturated/α-hetero) is 1. The number of nitrogens with zero attached hydrogens (tertiary/aromatic N) is 2. The van der Waals surface area contributed by atoms with Crippen molar-refractivity contribution in [3.05, 3.63) is 64.5 Å². The normalized spacial score (nSPS) is 17.6. The number of fused-ring (bicyclic) bond motifs is 1. The first-order valence-corrected chi connectivity index (χ1v) is 10.6. The lowest BCUT2D eigenvalue weighted by Crippen LogP contribution is -2.44. The lowest BCUT2D eigenvalue weighted by molar-refractivity contribution is -0.122. The van der Waals surface area contributed by atoms with Gasteiger partial charge in [-0.1, -0.05) is 30.3 Å². The van der Waals surface area contributed by atoms with Gasteiger partial charge in [0.05, 0.1) is 36.6 Å². The van der Waals surface area contributed by atoms with Crippen LogP contribution in [0.4, 0.5) is 0 Å². The summed E-state index contributed by atoms with van der Waals surface area (Å²) in [5.74, 6) is 0.335. The quantitative estimate of drug-likeness (QED) is 0.700. The number of aromatic nitrogens is 1. The van der Waals surface area contributed by atoms with E-state index in [2.05, 4.69) is 9.98 Å². The number of rotatable bonds is 8. The summed E-state index contributed by atoms with van der Waals surface area (Å²) in [6, 6.07) is 11.7. The van der Waals surface area contributed by atoms with Gasteiger partial charge in [0, 0.05) is 24.5 Å². The molecule has 1 aliphatic heterocycles. The number of carbonyl (C=O) groups is 1. The van der Waals surface area contributed by atoms with Crippen LogP contribution in [0, 0.1) is 0 Å². The van der Waals surface area contributed by atoms with Gasteiger partial charge >= 0.3 is 0 Å². The summed E-state index contributed by atoms with van der Waals surface area (Å²) in [6.07, 6.45) is 2.88. The van der Waals surface area contributed by atoms with Crippen LogP contribution in [-0.2, 0) is 29.1 Å². The molecular formula is C24H28N2O4. The fraction of sp³-hybridized carbons (Fsp3) is 0.458. The minimum Gasteiger partial charge on any atom is -0.478 e. The fourth-order valence-corrected chi connectivity index (χ4v) is 4.49. The first kappa shape index (κ1) is 20.7. The molecule has 6 heteroatoms. The Hall–Kier alpha value is -2.57. The molecule has 30 heavy (non-hydrogen) atoms. The number of aliphatic hydroxyl groups excluding tert-OH is 1. The number of pyridine rings is 1. The van der Waals surface area contributed by atoms with Crippen molar-refractivity contribution in [3.63, 3.8) is 0 Å². The van der Waals surface area contributed by atoms with Crippen LogP contribution in [0.25, 0.3) is 0 Å². The van der Waals surface area contributed by atoms with Crippen LogP contribution in [0.3, 0.4) is 0 Å². The third kappa shape index (κ3) is 4.02. The number of aliphatic hydroxyl groups is 2. The molecule has 1 fully saturated rings. The highest BCUT2D eigenvalue weighted by Crippen LogP contribution is 2.45. The number of aliphatic imine (C=N–C) groups is 1. The lowest BCUT2D eigenvalue weighted by Gasteiger charge is -2.43. The average Bonchev–Trinajstić information content (AvgIpc) is 3.13. The summed E-state index contributed by atoms with van der Waals surface area (Å²) < 4.78 is 5.55. The first-order chi connectivity index (χ1) is 14.5. The molecule has 6 nitrogen and oxygen atoms in total. The molecule has 2 aromatic rings. The maximum Gasteiger partial charge on any atom is 0.218 e. The van der Waals surface area contributed by atoms with Crippen LogP contribution < -0.4 is 0 Å². The van der Waals surface area contributed by atoms with E-state index in [9.17, 15) is 15.0 Å². The highest BCUT2D eigenvalue weighted by Gasteiger charge is 2.43. The van der Waals surface area contributed by atoms with E-state index < -0.39 is 5.60 Å². The molecule has 2 aliphatic rings. The zero-order valence-electron chi connectivity index (χ0n) is 17.3. The van der Waals surface area contributed by atoms with Crippen LogP contribution in [0.15, 0.2) is 41.4 Å². The summed E-state index contributed by atoms with van der Waals surface area (Å²) in [4.78, 5) is 21.9. The van der Waals surface area contributed by atoms with Crippen LogP contribution in [0.5, 0.6) is 0 Å². The highest BCUT2D eigenvalue weighted by atomic mass is 16.5. The molecule has 2 N–H and O–H groups in total. The monoisotopic (exact) mass is 408 g/mol. The average molecular weight is 408 g/mol. The van der Waals surface area contributed by atoms with E-state index >= 15 is 0 Å². The van der Waals surface area contributed by atoms with Crippen molar-refractivity contribution in [2.45, 2.75) is 63.7 Å². The summed E-state index contributed by atoms with van der Waals surface area (Å²) >= 11 is 0. The molecule has 1 atom stereocenters. The maximum absolute atomic E-state index is 13.0. The van der Waals surface area contributed by atoms with Crippen molar-refractivity contribution >= 4 is 11.7 Å². The van der Waals surface area contributed by atoms with Crippen molar-refractivity contribution in [1.82, 2.24) is 4.98 Å². The zero-order valence-corrected chi connectivity index (χ0v) is 17.3. The topological polar surface area (TPSA) is 92.0 Å². The smallest absolute Gasteiger partial charge is 0.218 e. The van der Waals surface area contributed by atoms with E-state index in [-0.39, 0.29) is 31.1 Å². The van der Waals surface area contributed by atoms with Crippen molar-refractivity contribution in [3.8, 4) is 0 Å². The molecule has 2 heterocycles. The van der Waals surface area contributed by atoms with E-state index in [0.29, 0.717) is 30.4 Å². The third-order valence-electron chi connectivity index (χ3n) is 6.15. The molecule has 0 radical (unpaired) electrons. The van der Waals surface area contributed by atoms with Crippen LogP contribution in [0.2, 0.25) is 0 Å². The summed E-state index contributed by atoms with van der Waals surface area (Å²) in [6.45, 7) is 2.61. The number of carbonyl (C=O) groups excluding carboxylic acids is 1. The minimum absolute atomic E-state index is 0.0319. The summed E-state index contributed by atoms with van der Waals surface area (Å²) in [5.41, 5.74) is 3.00. The Morgan fingerprint density at radius 3 is 2.67 bits per heavy atom. The molecular weight excluding hydrogens is 380 g/mol. The summed E-state index contributed by atoms with van der Waals surface area (Å²) in [5, 5.41) is 20.8. The van der Waals surface area contributed by atoms with Crippen molar-refractivity contribution in [1.29, 1.82) is 0 Å². The fourth-order valence-electron chi connectivity index (χ4n) is 4.49. The molecule has 0 saturated heterocycles. The summed E-state index contributed by atoms with van der Waals surface area (Å²) in [7, 11) is 0. The molecule has 0 amide bonds. The van der Waals surface area contributed by atoms with Gasteiger partial charge in [0.1, 0.15) is 5.78 Å². The van der Waals surface area contributed by atoms with Crippen molar-refractivity contribution in [2.75, 3.05) is 6.61 Å². The second kappa shape index (κ2) is 8.66. The Balaban J connectivity index is 1.52. The predicted molar refractivity (Wildman–Crippen MR) is 113 cm³/mol. The molecule has 1 aromatic carbocycles. The second-order valence-electron chi connectivity index (χ2n) is 8.15. The van der Waals surface area contributed by atoms with Gasteiger partial charge in [-0.2, -0.15) is 0 Å². The van der Waals surface area contributed by atoms with E-state index in [0.717, 1.165) is 36.0 Å². The number of ketones is 1. The Bertz CT molecular complexity index is 951. The predicted octanol–water partition coefficient (Wildman–Crippen LogP) is 3.07. The van der Waals surface area contributed by atoms with Gasteiger partial charge < -0.3 is 14.9 Å². The Labute approximate surface area is 176 Å². The van der Waals surface area contributed by atoms with Gasteiger partial charge in [-0.3, -0.25) is 9.78 Å². The van der Waals surface area contributed by atoms with Gasteiger partial charge in [0.15, 0.2) is 0 Å². The molecule has 4 rings (SSSR count). The van der Waals surface area contributed by atoms with Crippen LogP contribution >= 0.6 is 0 Å². The molecule has 0 spiro atoms. The first-order valence-electron chi connectivity index (χ1n) is 10.6. The molecule has 0 unspecified atom stereocenters. The van der Waals surface area contributed by atoms with Gasteiger partial charge in [0.25, 0.3) is 0 Å². The van der Waals surface area contributed by atoms with E-state index in [1.807, 2.05) is 43.3 Å². The van der Waals surface area contributed by atoms with E-state index in [4.69, 9.17) is 4.74 Å². The number of benzene rings is 1. The molecule has 1 saturated carbocycles. The van der Waals surface area contributed by atoms with E-state index in [1.54, 1.807) is 0 Å². The van der Waals surface area contributed by atoms with Crippen molar-refractivity contribution < 1.29 is 19.7 Å². The Morgan fingerprint density at radius 2 is 2.03 bits per heavy atom. The standard InChI is InChI=1S/C24H28N2O4/c1-2-30-23-22-17(14-25-23)11-18(26-21(22)15-27)12-19(28)13-20(24(29)9-6-10-24)16-7-4-3-5-8-16/h3-5,7-8,11,20,27,29H,2,6,9-10,12-15H2,1H3/t20-/m0/s1. The molecule has 1 aromatic heterocycles. The number of hydrogen-bond acceptors (Lipinski definition) is 6.